The van der Waals surface area contributed by atoms with Gasteiger partial charge in [-0.15, -0.1) is 0 Å². The molecular weight excluding hydrogens is 308 g/mol. The third kappa shape index (κ3) is 2.15. The summed E-state index contributed by atoms with van der Waals surface area (Å²) in [5.41, 5.74) is 5.57. The average molecular weight is 324 g/mol. The first kappa shape index (κ1) is 14.0. The van der Waals surface area contributed by atoms with Crippen molar-refractivity contribution < 1.29 is 0 Å². The standard InChI is InChI=1S/C21H16N4/c1-15-14-24(21-23-18-9-5-6-10-19(18)25(15)21)20-13-17(11-12-22-20)16-7-3-2-4-8-16/h2-14H,1H3. The highest BCUT2D eigenvalue weighted by atomic mass is 15.2. The molecule has 4 nitrogen and oxygen atoms in total. The first-order valence-electron chi connectivity index (χ1n) is 8.28. The molecule has 3 heterocycles. The van der Waals surface area contributed by atoms with Crippen LogP contribution < -0.4 is 0 Å². The molecule has 0 N–H and O–H groups in total. The fourth-order valence-electron chi connectivity index (χ4n) is 3.35. The van der Waals surface area contributed by atoms with Crippen LogP contribution in [-0.4, -0.2) is 18.9 Å². The van der Waals surface area contributed by atoms with E-state index in [-0.39, 0.29) is 0 Å². The summed E-state index contributed by atoms with van der Waals surface area (Å²) >= 11 is 0. The van der Waals surface area contributed by atoms with E-state index in [0.29, 0.717) is 0 Å². The lowest BCUT2D eigenvalue weighted by atomic mass is 10.1. The Balaban J connectivity index is 1.74. The van der Waals surface area contributed by atoms with Gasteiger partial charge in [0.15, 0.2) is 0 Å². The van der Waals surface area contributed by atoms with Crippen molar-refractivity contribution in [2.75, 3.05) is 0 Å². The SMILES string of the molecule is Cc1cn(-c2cc(-c3ccccc3)ccn2)c2nc3ccccc3n12. The van der Waals surface area contributed by atoms with Crippen molar-refractivity contribution in [2.24, 2.45) is 0 Å². The van der Waals surface area contributed by atoms with Crippen molar-refractivity contribution in [1.29, 1.82) is 0 Å². The summed E-state index contributed by atoms with van der Waals surface area (Å²) in [6.07, 6.45) is 3.94. The van der Waals surface area contributed by atoms with Gasteiger partial charge in [0, 0.05) is 18.1 Å². The first-order valence-corrected chi connectivity index (χ1v) is 8.28. The quantitative estimate of drug-likeness (QED) is 0.474. The van der Waals surface area contributed by atoms with Crippen molar-refractivity contribution in [2.45, 2.75) is 6.92 Å². The molecule has 25 heavy (non-hydrogen) atoms. The Kier molecular flexibility index (Phi) is 2.97. The van der Waals surface area contributed by atoms with Crippen LogP contribution in [0.25, 0.3) is 33.8 Å². The van der Waals surface area contributed by atoms with Crippen LogP contribution in [0.1, 0.15) is 5.69 Å². The highest BCUT2D eigenvalue weighted by molar-refractivity contribution is 5.80. The fraction of sp³-hybridized carbons (Fsp3) is 0.0476. The predicted octanol–water partition coefficient (Wildman–Crippen LogP) is 4.65. The summed E-state index contributed by atoms with van der Waals surface area (Å²) in [6.45, 7) is 2.10. The Morgan fingerprint density at radius 3 is 2.52 bits per heavy atom. The molecule has 4 heteroatoms. The Labute approximate surface area is 145 Å². The Bertz CT molecular complexity index is 1200. The van der Waals surface area contributed by atoms with E-state index < -0.39 is 0 Å². The zero-order chi connectivity index (χ0) is 16.8. The molecule has 0 bridgehead atoms. The number of hydrogen-bond donors (Lipinski definition) is 0. The number of aromatic nitrogens is 4. The van der Waals surface area contributed by atoms with Crippen molar-refractivity contribution in [1.82, 2.24) is 18.9 Å². The van der Waals surface area contributed by atoms with Gasteiger partial charge in [0.1, 0.15) is 5.82 Å². The highest BCUT2D eigenvalue weighted by Crippen LogP contribution is 2.25. The molecule has 0 unspecified atom stereocenters. The molecule has 0 spiro atoms. The Morgan fingerprint density at radius 2 is 1.64 bits per heavy atom. The lowest BCUT2D eigenvalue weighted by Gasteiger charge is -2.05. The van der Waals surface area contributed by atoms with Gasteiger partial charge in [-0.3, -0.25) is 8.97 Å². The van der Waals surface area contributed by atoms with E-state index in [9.17, 15) is 0 Å². The van der Waals surface area contributed by atoms with Gasteiger partial charge in [-0.2, -0.15) is 0 Å². The maximum atomic E-state index is 4.80. The second-order valence-electron chi connectivity index (χ2n) is 6.15. The molecule has 0 atom stereocenters. The molecular formula is C21H16N4. The lowest BCUT2D eigenvalue weighted by molar-refractivity contribution is 1.01. The number of imidazole rings is 2. The molecule has 0 amide bonds. The number of para-hydroxylation sites is 2. The molecule has 120 valence electrons. The van der Waals surface area contributed by atoms with Crippen molar-refractivity contribution in [3.8, 4) is 16.9 Å². The van der Waals surface area contributed by atoms with Crippen LogP contribution in [0.2, 0.25) is 0 Å². The summed E-state index contributed by atoms with van der Waals surface area (Å²) < 4.78 is 4.23. The van der Waals surface area contributed by atoms with Crippen LogP contribution in [0.4, 0.5) is 0 Å². The number of rotatable bonds is 2. The average Bonchev–Trinajstić information content (AvgIpc) is 3.20. The molecule has 0 fully saturated rings. The third-order valence-electron chi connectivity index (χ3n) is 4.53. The van der Waals surface area contributed by atoms with Crippen LogP contribution in [0.3, 0.4) is 0 Å². The number of fused-ring (bicyclic) bond motifs is 3. The zero-order valence-corrected chi connectivity index (χ0v) is 13.8. The van der Waals surface area contributed by atoms with Crippen LogP contribution in [0, 0.1) is 6.92 Å². The van der Waals surface area contributed by atoms with E-state index in [1.54, 1.807) is 0 Å². The van der Waals surface area contributed by atoms with Gasteiger partial charge in [-0.25, -0.2) is 9.97 Å². The lowest BCUT2D eigenvalue weighted by Crippen LogP contribution is -1.97. The molecule has 5 rings (SSSR count). The van der Waals surface area contributed by atoms with E-state index >= 15 is 0 Å². The van der Waals surface area contributed by atoms with E-state index in [0.717, 1.165) is 33.9 Å². The van der Waals surface area contributed by atoms with Gasteiger partial charge in [-0.1, -0.05) is 42.5 Å². The number of pyridine rings is 1. The smallest absolute Gasteiger partial charge is 0.221 e. The van der Waals surface area contributed by atoms with Crippen LogP contribution in [0.5, 0.6) is 0 Å². The Hall–Kier alpha value is -3.40. The van der Waals surface area contributed by atoms with Crippen LogP contribution in [0.15, 0.2) is 79.1 Å². The fourth-order valence-corrected chi connectivity index (χ4v) is 3.35. The summed E-state index contributed by atoms with van der Waals surface area (Å²) in [5.74, 6) is 1.76. The molecule has 2 aromatic carbocycles. The number of hydrogen-bond acceptors (Lipinski definition) is 2. The summed E-state index contributed by atoms with van der Waals surface area (Å²) in [7, 11) is 0. The maximum absolute atomic E-state index is 4.80. The minimum absolute atomic E-state index is 0.870. The van der Waals surface area contributed by atoms with Crippen molar-refractivity contribution in [3.05, 3.63) is 84.8 Å². The number of aryl methyl sites for hydroxylation is 1. The molecule has 0 aliphatic heterocycles. The normalized spacial score (nSPS) is 11.4. The second-order valence-corrected chi connectivity index (χ2v) is 6.15. The molecule has 3 aromatic heterocycles. The summed E-state index contributed by atoms with van der Waals surface area (Å²) in [6, 6.07) is 22.7. The molecule has 0 aliphatic carbocycles. The van der Waals surface area contributed by atoms with Gasteiger partial charge in [0.25, 0.3) is 0 Å². The number of nitrogens with zero attached hydrogens (tertiary/aromatic N) is 4. The minimum Gasteiger partial charge on any atom is -0.281 e. The molecule has 0 aliphatic rings. The molecule has 0 saturated carbocycles. The van der Waals surface area contributed by atoms with Gasteiger partial charge < -0.3 is 0 Å². The van der Waals surface area contributed by atoms with E-state index in [4.69, 9.17) is 4.98 Å². The van der Waals surface area contributed by atoms with Gasteiger partial charge in [-0.05, 0) is 42.3 Å². The largest absolute Gasteiger partial charge is 0.281 e. The van der Waals surface area contributed by atoms with E-state index in [1.807, 2.05) is 36.5 Å². The van der Waals surface area contributed by atoms with Gasteiger partial charge in [0.2, 0.25) is 5.78 Å². The molecule has 0 saturated heterocycles. The zero-order valence-electron chi connectivity index (χ0n) is 13.8. The second kappa shape index (κ2) is 5.31. The minimum atomic E-state index is 0.870. The number of benzene rings is 2. The van der Waals surface area contributed by atoms with Crippen molar-refractivity contribution in [3.63, 3.8) is 0 Å². The summed E-state index contributed by atoms with van der Waals surface area (Å²) in [5, 5.41) is 0. The van der Waals surface area contributed by atoms with Gasteiger partial charge in [0.05, 0.1) is 11.0 Å². The highest BCUT2D eigenvalue weighted by Gasteiger charge is 2.14. The van der Waals surface area contributed by atoms with Crippen LogP contribution in [-0.2, 0) is 0 Å². The van der Waals surface area contributed by atoms with E-state index in [1.165, 1.54) is 5.56 Å². The van der Waals surface area contributed by atoms with Crippen molar-refractivity contribution >= 4 is 16.8 Å². The van der Waals surface area contributed by atoms with Gasteiger partial charge >= 0.3 is 0 Å². The Morgan fingerprint density at radius 1 is 0.840 bits per heavy atom. The monoisotopic (exact) mass is 324 g/mol. The topological polar surface area (TPSA) is 35.1 Å². The molecule has 0 radical (unpaired) electrons. The third-order valence-corrected chi connectivity index (χ3v) is 4.53. The summed E-state index contributed by atoms with van der Waals surface area (Å²) in [4.78, 5) is 9.38. The van der Waals surface area contributed by atoms with Crippen LogP contribution >= 0.6 is 0 Å². The first-order chi connectivity index (χ1) is 12.3. The maximum Gasteiger partial charge on any atom is 0.221 e. The predicted molar refractivity (Wildman–Crippen MR) is 100.0 cm³/mol. The molecule has 5 aromatic rings. The van der Waals surface area contributed by atoms with E-state index in [2.05, 4.69) is 63.5 Å².